The Labute approximate surface area is 176 Å². The van der Waals surface area contributed by atoms with Gasteiger partial charge >= 0.3 is 0 Å². The van der Waals surface area contributed by atoms with Crippen LogP contribution in [0, 0.1) is 0 Å². The van der Waals surface area contributed by atoms with Gasteiger partial charge in [-0.1, -0.05) is 17.8 Å². The number of thiophene rings is 1. The largest absolute Gasteiger partial charge is 0.486 e. The van der Waals surface area contributed by atoms with Gasteiger partial charge in [0, 0.05) is 29.1 Å². The van der Waals surface area contributed by atoms with Crippen molar-refractivity contribution in [2.24, 2.45) is 0 Å². The monoisotopic (exact) mass is 428 g/mol. The summed E-state index contributed by atoms with van der Waals surface area (Å²) in [6.07, 6.45) is 3.07. The Morgan fingerprint density at radius 2 is 2.07 bits per heavy atom. The lowest BCUT2D eigenvalue weighted by atomic mass is 10.2. The van der Waals surface area contributed by atoms with E-state index in [-0.39, 0.29) is 11.7 Å². The number of thioether (sulfide) groups is 1. The fourth-order valence-electron chi connectivity index (χ4n) is 3.24. The number of nitrogens with one attached hydrogen (secondary N) is 1. The van der Waals surface area contributed by atoms with E-state index in [9.17, 15) is 4.79 Å². The number of rotatable bonds is 7. The predicted molar refractivity (Wildman–Crippen MR) is 112 cm³/mol. The number of amides is 1. The van der Waals surface area contributed by atoms with E-state index >= 15 is 0 Å². The van der Waals surface area contributed by atoms with Crippen LogP contribution in [0.1, 0.15) is 29.6 Å². The molecule has 1 amide bonds. The molecule has 0 atom stereocenters. The lowest BCUT2D eigenvalue weighted by molar-refractivity contribution is -0.113. The Kier molecular flexibility index (Phi) is 5.15. The van der Waals surface area contributed by atoms with Gasteiger partial charge in [0.1, 0.15) is 19.0 Å². The molecular formula is C20H20N4O3S2. The van der Waals surface area contributed by atoms with Crippen molar-refractivity contribution in [1.29, 1.82) is 0 Å². The number of carbonyl (C=O) groups is 1. The third-order valence-corrected chi connectivity index (χ3v) is 6.54. The standard InChI is InChI=1S/C20H20N4O3S2/c25-19(21-13-3-6-16-17(10-13)27-8-7-26-16)12-29-20-23-22-18(24(20)14-4-5-14)11-15-2-1-9-28-15/h1-3,6,9-10,14H,4-5,7-8,11-12H2,(H,21,25). The third-order valence-electron chi connectivity index (χ3n) is 4.72. The summed E-state index contributed by atoms with van der Waals surface area (Å²) < 4.78 is 13.3. The quantitative estimate of drug-likeness (QED) is 0.577. The molecule has 1 aliphatic heterocycles. The molecule has 7 nitrogen and oxygen atoms in total. The summed E-state index contributed by atoms with van der Waals surface area (Å²) >= 11 is 3.16. The Balaban J connectivity index is 1.23. The van der Waals surface area contributed by atoms with Gasteiger partial charge in [0.2, 0.25) is 5.91 Å². The number of benzene rings is 1. The van der Waals surface area contributed by atoms with Crippen LogP contribution in [0.5, 0.6) is 11.5 Å². The molecule has 1 aliphatic carbocycles. The molecule has 1 saturated carbocycles. The van der Waals surface area contributed by atoms with Crippen molar-refractivity contribution >= 4 is 34.7 Å². The molecule has 2 aromatic heterocycles. The SMILES string of the molecule is O=C(CSc1nnc(Cc2cccs2)n1C1CC1)Nc1ccc2c(c1)OCCO2. The third kappa shape index (κ3) is 4.25. The van der Waals surface area contributed by atoms with Crippen molar-refractivity contribution in [1.82, 2.24) is 14.8 Å². The number of aromatic nitrogens is 3. The first-order chi connectivity index (χ1) is 14.3. The van der Waals surface area contributed by atoms with Crippen LogP contribution in [0.25, 0.3) is 0 Å². The van der Waals surface area contributed by atoms with Crippen LogP contribution in [0.2, 0.25) is 0 Å². The molecule has 1 N–H and O–H groups in total. The number of ether oxygens (including phenoxy) is 2. The second kappa shape index (κ2) is 8.08. The van der Waals surface area contributed by atoms with Crippen molar-refractivity contribution in [3.8, 4) is 11.5 Å². The van der Waals surface area contributed by atoms with Crippen molar-refractivity contribution in [3.05, 3.63) is 46.4 Å². The molecule has 0 bridgehead atoms. The van der Waals surface area contributed by atoms with Crippen LogP contribution in [-0.4, -0.2) is 39.6 Å². The first kappa shape index (κ1) is 18.5. The van der Waals surface area contributed by atoms with Gasteiger partial charge in [0.05, 0.1) is 5.75 Å². The number of hydrogen-bond donors (Lipinski definition) is 1. The second-order valence-electron chi connectivity index (χ2n) is 6.95. The summed E-state index contributed by atoms with van der Waals surface area (Å²) in [4.78, 5) is 13.7. The highest BCUT2D eigenvalue weighted by atomic mass is 32.2. The lowest BCUT2D eigenvalue weighted by Gasteiger charge is -2.19. The van der Waals surface area contributed by atoms with Crippen LogP contribution in [0.4, 0.5) is 5.69 Å². The maximum Gasteiger partial charge on any atom is 0.234 e. The number of fused-ring (bicyclic) bond motifs is 1. The maximum absolute atomic E-state index is 12.5. The van der Waals surface area contributed by atoms with Gasteiger partial charge in [-0.25, -0.2) is 0 Å². The molecule has 1 aromatic carbocycles. The highest BCUT2D eigenvalue weighted by Gasteiger charge is 2.30. The smallest absolute Gasteiger partial charge is 0.234 e. The van der Waals surface area contributed by atoms with Crippen LogP contribution >= 0.6 is 23.1 Å². The molecule has 3 aromatic rings. The van der Waals surface area contributed by atoms with Crippen LogP contribution in [0.3, 0.4) is 0 Å². The van der Waals surface area contributed by atoms with Gasteiger partial charge in [-0.15, -0.1) is 21.5 Å². The van der Waals surface area contributed by atoms with Crippen molar-refractivity contribution in [3.63, 3.8) is 0 Å². The van der Waals surface area contributed by atoms with Crippen molar-refractivity contribution in [2.75, 3.05) is 24.3 Å². The summed E-state index contributed by atoms with van der Waals surface area (Å²) in [5.74, 6) is 2.53. The zero-order chi connectivity index (χ0) is 19.6. The highest BCUT2D eigenvalue weighted by molar-refractivity contribution is 7.99. The molecule has 0 saturated heterocycles. The van der Waals surface area contributed by atoms with Gasteiger partial charge in [-0.3, -0.25) is 4.79 Å². The molecule has 3 heterocycles. The number of nitrogens with zero attached hydrogens (tertiary/aromatic N) is 3. The predicted octanol–water partition coefficient (Wildman–Crippen LogP) is 3.77. The minimum Gasteiger partial charge on any atom is -0.486 e. The van der Waals surface area contributed by atoms with E-state index in [1.54, 1.807) is 17.4 Å². The van der Waals surface area contributed by atoms with E-state index < -0.39 is 0 Å². The van der Waals surface area contributed by atoms with Crippen LogP contribution in [-0.2, 0) is 11.2 Å². The highest BCUT2D eigenvalue weighted by Crippen LogP contribution is 2.39. The van der Waals surface area contributed by atoms with Crippen LogP contribution < -0.4 is 14.8 Å². The molecule has 5 rings (SSSR count). The van der Waals surface area contributed by atoms with Gasteiger partial charge in [-0.05, 0) is 36.4 Å². The first-order valence-corrected chi connectivity index (χ1v) is 11.4. The average molecular weight is 429 g/mol. The van der Waals surface area contributed by atoms with E-state index in [1.807, 2.05) is 12.1 Å². The minimum absolute atomic E-state index is 0.0863. The Morgan fingerprint density at radius 1 is 1.21 bits per heavy atom. The van der Waals surface area contributed by atoms with Crippen LogP contribution in [0.15, 0.2) is 40.9 Å². The maximum atomic E-state index is 12.5. The Morgan fingerprint density at radius 3 is 2.86 bits per heavy atom. The normalized spacial score (nSPS) is 15.3. The summed E-state index contributed by atoms with van der Waals surface area (Å²) in [7, 11) is 0. The number of carbonyl (C=O) groups excluding carboxylic acids is 1. The Bertz CT molecular complexity index is 1010. The summed E-state index contributed by atoms with van der Waals surface area (Å²) in [6, 6.07) is 10.1. The number of anilines is 1. The molecule has 0 radical (unpaired) electrons. The lowest BCUT2D eigenvalue weighted by Crippen LogP contribution is -2.17. The minimum atomic E-state index is -0.0863. The zero-order valence-corrected chi connectivity index (χ0v) is 17.3. The molecule has 0 spiro atoms. The van der Waals surface area contributed by atoms with Crippen molar-refractivity contribution in [2.45, 2.75) is 30.5 Å². The molecule has 0 unspecified atom stereocenters. The van der Waals surface area contributed by atoms with E-state index in [2.05, 4.69) is 37.6 Å². The zero-order valence-electron chi connectivity index (χ0n) is 15.7. The molecular weight excluding hydrogens is 408 g/mol. The summed E-state index contributed by atoms with van der Waals surface area (Å²) in [6.45, 7) is 1.07. The summed E-state index contributed by atoms with van der Waals surface area (Å²) in [5.41, 5.74) is 0.696. The fourth-order valence-corrected chi connectivity index (χ4v) is 4.77. The topological polar surface area (TPSA) is 78.3 Å². The molecule has 2 aliphatic rings. The fraction of sp³-hybridized carbons (Fsp3) is 0.350. The molecule has 1 fully saturated rings. The van der Waals surface area contributed by atoms with E-state index in [0.29, 0.717) is 36.4 Å². The second-order valence-corrected chi connectivity index (χ2v) is 8.93. The molecule has 29 heavy (non-hydrogen) atoms. The first-order valence-electron chi connectivity index (χ1n) is 9.55. The van der Waals surface area contributed by atoms with E-state index in [1.165, 1.54) is 16.6 Å². The Hall–Kier alpha value is -2.52. The summed E-state index contributed by atoms with van der Waals surface area (Å²) in [5, 5.41) is 14.6. The van der Waals surface area contributed by atoms with E-state index in [4.69, 9.17) is 9.47 Å². The van der Waals surface area contributed by atoms with Gasteiger partial charge in [-0.2, -0.15) is 0 Å². The van der Waals surface area contributed by atoms with Gasteiger partial charge in [0.25, 0.3) is 0 Å². The number of hydrogen-bond acceptors (Lipinski definition) is 7. The van der Waals surface area contributed by atoms with Gasteiger partial charge < -0.3 is 19.4 Å². The molecule has 150 valence electrons. The van der Waals surface area contributed by atoms with Crippen molar-refractivity contribution < 1.29 is 14.3 Å². The average Bonchev–Trinajstić information content (AvgIpc) is 3.28. The van der Waals surface area contributed by atoms with Gasteiger partial charge in [0.15, 0.2) is 16.7 Å². The van der Waals surface area contributed by atoms with E-state index in [0.717, 1.165) is 30.2 Å². The molecule has 9 heteroatoms.